The summed E-state index contributed by atoms with van der Waals surface area (Å²) in [5, 5.41) is 0. The molecule has 0 amide bonds. The predicted molar refractivity (Wildman–Crippen MR) is 59.1 cm³/mol. The van der Waals surface area contributed by atoms with E-state index in [1.54, 1.807) is 0 Å². The SMILES string of the molecule is C=CCN1C(N)=NCC12CCC2(C)C. The molecule has 3 nitrogen and oxygen atoms in total. The molecule has 2 rings (SSSR count). The summed E-state index contributed by atoms with van der Waals surface area (Å²) < 4.78 is 0. The molecule has 14 heavy (non-hydrogen) atoms. The topological polar surface area (TPSA) is 41.6 Å². The average molecular weight is 193 g/mol. The highest BCUT2D eigenvalue weighted by Crippen LogP contribution is 2.54. The lowest BCUT2D eigenvalue weighted by atomic mass is 9.56. The van der Waals surface area contributed by atoms with Gasteiger partial charge in [0.1, 0.15) is 0 Å². The molecule has 0 radical (unpaired) electrons. The first kappa shape index (κ1) is 9.56. The molecule has 0 aromatic rings. The normalized spacial score (nSPS) is 34.1. The quantitative estimate of drug-likeness (QED) is 0.673. The minimum atomic E-state index is 0.186. The van der Waals surface area contributed by atoms with Crippen LogP contribution in [0.25, 0.3) is 0 Å². The maximum atomic E-state index is 5.90. The first-order valence-corrected chi connectivity index (χ1v) is 5.22. The Balaban J connectivity index is 2.26. The van der Waals surface area contributed by atoms with Crippen LogP contribution in [0.5, 0.6) is 0 Å². The summed E-state index contributed by atoms with van der Waals surface area (Å²) in [7, 11) is 0. The lowest BCUT2D eigenvalue weighted by Crippen LogP contribution is -2.66. The summed E-state index contributed by atoms with van der Waals surface area (Å²) in [6.45, 7) is 10.1. The van der Waals surface area contributed by atoms with Crippen LogP contribution in [-0.4, -0.2) is 29.5 Å². The van der Waals surface area contributed by atoms with Gasteiger partial charge >= 0.3 is 0 Å². The van der Waals surface area contributed by atoms with Gasteiger partial charge in [0, 0.05) is 6.54 Å². The number of nitrogens with zero attached hydrogens (tertiary/aromatic N) is 2. The van der Waals surface area contributed by atoms with Crippen molar-refractivity contribution in [1.29, 1.82) is 0 Å². The molecule has 0 aromatic carbocycles. The van der Waals surface area contributed by atoms with Gasteiger partial charge < -0.3 is 10.6 Å². The van der Waals surface area contributed by atoms with Gasteiger partial charge in [-0.3, -0.25) is 4.99 Å². The van der Waals surface area contributed by atoms with E-state index in [9.17, 15) is 0 Å². The fourth-order valence-electron chi connectivity index (χ4n) is 2.71. The molecule has 1 atom stereocenters. The smallest absolute Gasteiger partial charge is 0.192 e. The predicted octanol–water partition coefficient (Wildman–Crippen LogP) is 1.36. The molecule has 2 aliphatic rings. The van der Waals surface area contributed by atoms with E-state index in [1.807, 2.05) is 6.08 Å². The van der Waals surface area contributed by atoms with Crippen molar-refractivity contribution in [3.63, 3.8) is 0 Å². The van der Waals surface area contributed by atoms with Crippen LogP contribution in [0, 0.1) is 5.41 Å². The van der Waals surface area contributed by atoms with Crippen molar-refractivity contribution in [2.24, 2.45) is 16.1 Å². The van der Waals surface area contributed by atoms with Gasteiger partial charge in [-0.15, -0.1) is 6.58 Å². The summed E-state index contributed by atoms with van der Waals surface area (Å²) in [6, 6.07) is 0. The average Bonchev–Trinajstić information content (AvgIpc) is 2.46. The first-order valence-electron chi connectivity index (χ1n) is 5.22. The number of hydrogen-bond donors (Lipinski definition) is 1. The van der Waals surface area contributed by atoms with Crippen LogP contribution in [0.2, 0.25) is 0 Å². The Morgan fingerprint density at radius 3 is 2.71 bits per heavy atom. The molecule has 1 fully saturated rings. The zero-order valence-corrected chi connectivity index (χ0v) is 9.08. The summed E-state index contributed by atoms with van der Waals surface area (Å²) in [5.41, 5.74) is 6.42. The van der Waals surface area contributed by atoms with Crippen LogP contribution in [0.1, 0.15) is 26.7 Å². The number of nitrogens with two attached hydrogens (primary N) is 1. The Hall–Kier alpha value is -0.990. The zero-order valence-electron chi connectivity index (χ0n) is 9.08. The molecule has 3 heteroatoms. The molecule has 1 aliphatic heterocycles. The van der Waals surface area contributed by atoms with Crippen molar-refractivity contribution < 1.29 is 0 Å². The lowest BCUT2D eigenvalue weighted by Gasteiger charge is -2.58. The van der Waals surface area contributed by atoms with E-state index in [1.165, 1.54) is 12.8 Å². The highest BCUT2D eigenvalue weighted by Gasteiger charge is 2.58. The van der Waals surface area contributed by atoms with Crippen LogP contribution >= 0.6 is 0 Å². The number of guanidine groups is 1. The summed E-state index contributed by atoms with van der Waals surface area (Å²) >= 11 is 0. The minimum Gasteiger partial charge on any atom is -0.370 e. The molecule has 1 saturated carbocycles. The third kappa shape index (κ3) is 0.954. The van der Waals surface area contributed by atoms with E-state index in [-0.39, 0.29) is 5.54 Å². The standard InChI is InChI=1S/C11H19N3/c1-4-7-14-9(12)13-8-11(14)6-5-10(11,2)3/h4H,1,5-8H2,2-3H3,(H2,12,13). The molecule has 0 saturated heterocycles. The number of hydrogen-bond acceptors (Lipinski definition) is 3. The van der Waals surface area contributed by atoms with E-state index in [2.05, 4.69) is 30.3 Å². The van der Waals surface area contributed by atoms with Crippen LogP contribution in [0.3, 0.4) is 0 Å². The van der Waals surface area contributed by atoms with Crippen molar-refractivity contribution in [3.05, 3.63) is 12.7 Å². The van der Waals surface area contributed by atoms with Gasteiger partial charge in [-0.1, -0.05) is 19.9 Å². The molecule has 1 aliphatic carbocycles. The Bertz CT molecular complexity index is 293. The number of aliphatic imine (C=N–C) groups is 1. The highest BCUT2D eigenvalue weighted by atomic mass is 15.4. The van der Waals surface area contributed by atoms with Crippen molar-refractivity contribution in [2.75, 3.05) is 13.1 Å². The van der Waals surface area contributed by atoms with Crippen LogP contribution < -0.4 is 5.73 Å². The molecule has 1 unspecified atom stereocenters. The molecule has 2 N–H and O–H groups in total. The second kappa shape index (κ2) is 2.75. The molecular formula is C11H19N3. The number of rotatable bonds is 2. The molecular weight excluding hydrogens is 174 g/mol. The van der Waals surface area contributed by atoms with Gasteiger partial charge in [0.2, 0.25) is 0 Å². The molecule has 0 bridgehead atoms. The second-order valence-electron chi connectivity index (χ2n) is 4.99. The van der Waals surface area contributed by atoms with Crippen molar-refractivity contribution in [3.8, 4) is 0 Å². The fraction of sp³-hybridized carbons (Fsp3) is 0.727. The van der Waals surface area contributed by atoms with E-state index in [0.717, 1.165) is 13.1 Å². The second-order valence-corrected chi connectivity index (χ2v) is 4.99. The van der Waals surface area contributed by atoms with E-state index >= 15 is 0 Å². The van der Waals surface area contributed by atoms with Crippen LogP contribution in [0.4, 0.5) is 0 Å². The van der Waals surface area contributed by atoms with Crippen molar-refractivity contribution >= 4 is 5.96 Å². The maximum absolute atomic E-state index is 5.90. The Kier molecular flexibility index (Phi) is 1.88. The Labute approximate surface area is 85.7 Å². The van der Waals surface area contributed by atoms with Crippen LogP contribution in [0.15, 0.2) is 17.6 Å². The van der Waals surface area contributed by atoms with Crippen molar-refractivity contribution in [2.45, 2.75) is 32.2 Å². The van der Waals surface area contributed by atoms with Crippen molar-refractivity contribution in [1.82, 2.24) is 4.90 Å². The van der Waals surface area contributed by atoms with E-state index < -0.39 is 0 Å². The maximum Gasteiger partial charge on any atom is 0.192 e. The lowest BCUT2D eigenvalue weighted by molar-refractivity contribution is -0.0432. The van der Waals surface area contributed by atoms with Gasteiger partial charge in [-0.2, -0.15) is 0 Å². The monoisotopic (exact) mass is 193 g/mol. The van der Waals surface area contributed by atoms with Gasteiger partial charge in [0.25, 0.3) is 0 Å². The van der Waals surface area contributed by atoms with Crippen LogP contribution in [-0.2, 0) is 0 Å². The Morgan fingerprint density at radius 1 is 1.57 bits per heavy atom. The highest BCUT2D eigenvalue weighted by molar-refractivity contribution is 5.81. The summed E-state index contributed by atoms with van der Waals surface area (Å²) in [4.78, 5) is 6.61. The van der Waals surface area contributed by atoms with E-state index in [4.69, 9.17) is 5.73 Å². The van der Waals surface area contributed by atoms with Gasteiger partial charge in [-0.25, -0.2) is 0 Å². The largest absolute Gasteiger partial charge is 0.370 e. The van der Waals surface area contributed by atoms with E-state index in [0.29, 0.717) is 11.4 Å². The van der Waals surface area contributed by atoms with Gasteiger partial charge in [0.05, 0.1) is 12.1 Å². The minimum absolute atomic E-state index is 0.186. The third-order valence-electron chi connectivity index (χ3n) is 4.03. The molecule has 78 valence electrons. The Morgan fingerprint density at radius 2 is 2.29 bits per heavy atom. The zero-order chi connectivity index (χ0) is 10.4. The molecule has 1 spiro atoms. The van der Waals surface area contributed by atoms with Gasteiger partial charge in [-0.05, 0) is 18.3 Å². The third-order valence-corrected chi connectivity index (χ3v) is 4.03. The first-order chi connectivity index (χ1) is 6.53. The fourth-order valence-corrected chi connectivity index (χ4v) is 2.71. The van der Waals surface area contributed by atoms with Gasteiger partial charge in [0.15, 0.2) is 5.96 Å². The summed E-state index contributed by atoms with van der Waals surface area (Å²) in [6.07, 6.45) is 4.38. The molecule has 0 aromatic heterocycles. The molecule has 1 heterocycles. The summed E-state index contributed by atoms with van der Waals surface area (Å²) in [5.74, 6) is 0.692.